The Kier molecular flexibility index (Phi) is 5.63. The summed E-state index contributed by atoms with van der Waals surface area (Å²) in [6.07, 6.45) is 2.23. The van der Waals surface area contributed by atoms with Crippen molar-refractivity contribution in [1.29, 1.82) is 0 Å². The maximum Gasteiger partial charge on any atom is 0.311 e. The zero-order chi connectivity index (χ0) is 16.1. The first-order valence-electron chi connectivity index (χ1n) is 6.59. The van der Waals surface area contributed by atoms with Gasteiger partial charge in [-0.2, -0.15) is 0 Å². The van der Waals surface area contributed by atoms with Gasteiger partial charge in [-0.3, -0.25) is 9.59 Å². The summed E-state index contributed by atoms with van der Waals surface area (Å²) in [7, 11) is 0. The number of carbonyl (C=O) groups excluding carboxylic acids is 1. The van der Waals surface area contributed by atoms with Crippen LogP contribution in [-0.4, -0.2) is 22.2 Å². The van der Waals surface area contributed by atoms with E-state index in [9.17, 15) is 9.59 Å². The fourth-order valence-corrected chi connectivity index (χ4v) is 2.44. The lowest BCUT2D eigenvalue weighted by atomic mass is 10.1. The molecule has 0 spiro atoms. The van der Waals surface area contributed by atoms with Crippen LogP contribution in [-0.2, 0) is 11.2 Å². The van der Waals surface area contributed by atoms with Gasteiger partial charge in [-0.25, -0.2) is 4.98 Å². The van der Waals surface area contributed by atoms with E-state index in [1.54, 1.807) is 31.2 Å². The predicted molar refractivity (Wildman–Crippen MR) is 86.8 cm³/mol. The van der Waals surface area contributed by atoms with Crippen LogP contribution in [0.25, 0.3) is 0 Å². The van der Waals surface area contributed by atoms with Crippen LogP contribution in [0.1, 0.15) is 17.7 Å². The van der Waals surface area contributed by atoms with Gasteiger partial charge in [-0.1, -0.05) is 23.4 Å². The number of hydrogen-bond donors (Lipinski definition) is 1. The van der Waals surface area contributed by atoms with Crippen molar-refractivity contribution in [2.75, 3.05) is 6.26 Å². The summed E-state index contributed by atoms with van der Waals surface area (Å²) in [6, 6.07) is 6.52. The smallest absolute Gasteiger partial charge is 0.311 e. The Labute approximate surface area is 137 Å². The molecule has 0 unspecified atom stereocenters. The third kappa shape index (κ3) is 4.35. The van der Waals surface area contributed by atoms with Crippen LogP contribution in [0.5, 0.6) is 5.75 Å². The first-order chi connectivity index (χ1) is 10.5. The van der Waals surface area contributed by atoms with Crippen LogP contribution in [0, 0.1) is 6.92 Å². The number of esters is 1. The zero-order valence-electron chi connectivity index (χ0n) is 12.2. The van der Waals surface area contributed by atoms with Gasteiger partial charge in [0, 0.05) is 16.3 Å². The van der Waals surface area contributed by atoms with Crippen LogP contribution in [0.2, 0.25) is 5.02 Å². The molecule has 1 aromatic heterocycles. The van der Waals surface area contributed by atoms with Crippen LogP contribution >= 0.6 is 23.4 Å². The topological polar surface area (TPSA) is 72.0 Å². The Bertz CT molecular complexity index is 729. The lowest BCUT2D eigenvalue weighted by Crippen LogP contribution is -2.19. The van der Waals surface area contributed by atoms with Crippen molar-refractivity contribution in [1.82, 2.24) is 9.97 Å². The van der Waals surface area contributed by atoms with Crippen molar-refractivity contribution >= 4 is 29.3 Å². The number of thioether (sulfide) groups is 1. The maximum atomic E-state index is 12.0. The highest BCUT2D eigenvalue weighted by molar-refractivity contribution is 7.98. The first-order valence-corrected chi connectivity index (χ1v) is 8.20. The molecule has 2 aromatic rings. The first kappa shape index (κ1) is 16.6. The second-order valence-corrected chi connectivity index (χ2v) is 5.80. The standard InChI is InChI=1S/C15H15ClN2O3S/c1-9-12(14(20)18-15(17-9)22-2)7-8-13(19)21-11-5-3-10(16)4-6-11/h3-6H,7-8H2,1-2H3,(H,17,18,20). The Morgan fingerprint density at radius 3 is 2.64 bits per heavy atom. The molecule has 0 atom stereocenters. The second-order valence-electron chi connectivity index (χ2n) is 4.57. The summed E-state index contributed by atoms with van der Waals surface area (Å²) >= 11 is 7.13. The molecule has 0 fully saturated rings. The molecule has 5 nitrogen and oxygen atoms in total. The van der Waals surface area contributed by atoms with Gasteiger partial charge >= 0.3 is 5.97 Å². The van der Waals surface area contributed by atoms with Gasteiger partial charge in [-0.15, -0.1) is 0 Å². The number of H-pyrrole nitrogens is 1. The molecule has 1 N–H and O–H groups in total. The van der Waals surface area contributed by atoms with Crippen molar-refractivity contribution in [3.63, 3.8) is 0 Å². The highest BCUT2D eigenvalue weighted by atomic mass is 35.5. The van der Waals surface area contributed by atoms with E-state index in [-0.39, 0.29) is 18.4 Å². The average Bonchev–Trinajstić information content (AvgIpc) is 2.48. The summed E-state index contributed by atoms with van der Waals surface area (Å²) in [4.78, 5) is 30.7. The van der Waals surface area contributed by atoms with E-state index in [2.05, 4.69) is 9.97 Å². The largest absolute Gasteiger partial charge is 0.427 e. The van der Waals surface area contributed by atoms with E-state index < -0.39 is 5.97 Å². The Morgan fingerprint density at radius 2 is 2.05 bits per heavy atom. The van der Waals surface area contributed by atoms with E-state index >= 15 is 0 Å². The zero-order valence-corrected chi connectivity index (χ0v) is 13.8. The fraction of sp³-hybridized carbons (Fsp3) is 0.267. The molecule has 0 radical (unpaired) electrons. The molecule has 0 aliphatic carbocycles. The van der Waals surface area contributed by atoms with Crippen LogP contribution in [0.3, 0.4) is 0 Å². The van der Waals surface area contributed by atoms with Crippen LogP contribution in [0.4, 0.5) is 0 Å². The number of ether oxygens (including phenoxy) is 1. The molecule has 116 valence electrons. The molecule has 1 heterocycles. The van der Waals surface area contributed by atoms with E-state index in [4.69, 9.17) is 16.3 Å². The Balaban J connectivity index is 1.99. The van der Waals surface area contributed by atoms with Gasteiger partial charge in [0.2, 0.25) is 0 Å². The lowest BCUT2D eigenvalue weighted by molar-refractivity contribution is -0.134. The van der Waals surface area contributed by atoms with Crippen molar-refractivity contribution < 1.29 is 9.53 Å². The second kappa shape index (κ2) is 7.47. The van der Waals surface area contributed by atoms with Gasteiger partial charge in [-0.05, 0) is 43.9 Å². The summed E-state index contributed by atoms with van der Waals surface area (Å²) in [5, 5.41) is 1.14. The molecule has 7 heteroatoms. The van der Waals surface area contributed by atoms with Crippen molar-refractivity contribution in [2.24, 2.45) is 0 Å². The predicted octanol–water partition coefficient (Wildman–Crippen LogP) is 2.99. The number of aromatic amines is 1. The van der Waals surface area contributed by atoms with Gasteiger partial charge in [0.1, 0.15) is 5.75 Å². The van der Waals surface area contributed by atoms with Crippen molar-refractivity contribution in [3.8, 4) is 5.75 Å². The molecular weight excluding hydrogens is 324 g/mol. The van der Waals surface area contributed by atoms with Crippen LogP contribution < -0.4 is 10.3 Å². The minimum Gasteiger partial charge on any atom is -0.427 e. The number of nitrogens with one attached hydrogen (secondary N) is 1. The molecule has 1 aromatic carbocycles. The molecule has 22 heavy (non-hydrogen) atoms. The van der Waals surface area contributed by atoms with Crippen molar-refractivity contribution in [3.05, 3.63) is 50.9 Å². The third-order valence-electron chi connectivity index (χ3n) is 3.02. The van der Waals surface area contributed by atoms with Gasteiger partial charge < -0.3 is 9.72 Å². The fourth-order valence-electron chi connectivity index (χ4n) is 1.89. The molecule has 2 rings (SSSR count). The van der Waals surface area contributed by atoms with Gasteiger partial charge in [0.05, 0.1) is 6.42 Å². The van der Waals surface area contributed by atoms with E-state index in [0.717, 1.165) is 0 Å². The van der Waals surface area contributed by atoms with E-state index in [1.807, 2.05) is 6.26 Å². The number of benzene rings is 1. The van der Waals surface area contributed by atoms with Crippen LogP contribution in [0.15, 0.2) is 34.2 Å². The monoisotopic (exact) mass is 338 g/mol. The van der Waals surface area contributed by atoms with Gasteiger partial charge in [0.15, 0.2) is 5.16 Å². The SMILES string of the molecule is CSc1nc(C)c(CCC(=O)Oc2ccc(Cl)cc2)c(=O)[nH]1. The number of hydrogen-bond acceptors (Lipinski definition) is 5. The third-order valence-corrected chi connectivity index (χ3v) is 3.85. The molecule has 0 aliphatic heterocycles. The Hall–Kier alpha value is -1.79. The minimum absolute atomic E-state index is 0.104. The number of halogens is 1. The van der Waals surface area contributed by atoms with E-state index in [1.165, 1.54) is 11.8 Å². The van der Waals surface area contributed by atoms with Crippen molar-refractivity contribution in [2.45, 2.75) is 24.9 Å². The highest BCUT2D eigenvalue weighted by Crippen LogP contribution is 2.16. The summed E-state index contributed by atoms with van der Waals surface area (Å²) in [6.45, 7) is 1.76. The number of aromatic nitrogens is 2. The van der Waals surface area contributed by atoms with Gasteiger partial charge in [0.25, 0.3) is 5.56 Å². The summed E-state index contributed by atoms with van der Waals surface area (Å²) in [5.41, 5.74) is 0.925. The molecule has 0 saturated carbocycles. The molecular formula is C15H15ClN2O3S. The number of carbonyl (C=O) groups is 1. The number of nitrogens with zero attached hydrogens (tertiary/aromatic N) is 1. The molecule has 0 bridgehead atoms. The lowest BCUT2D eigenvalue weighted by Gasteiger charge is -2.06. The average molecular weight is 339 g/mol. The quantitative estimate of drug-likeness (QED) is 0.393. The van der Waals surface area contributed by atoms with E-state index in [0.29, 0.717) is 27.2 Å². The number of rotatable bonds is 5. The molecule has 0 amide bonds. The Morgan fingerprint density at radius 1 is 1.36 bits per heavy atom. The maximum absolute atomic E-state index is 12.0. The molecule has 0 aliphatic rings. The highest BCUT2D eigenvalue weighted by Gasteiger charge is 2.11. The normalized spacial score (nSPS) is 10.5. The number of aryl methyl sites for hydroxylation is 1. The summed E-state index contributed by atoms with van der Waals surface area (Å²) < 4.78 is 5.18. The summed E-state index contributed by atoms with van der Waals surface area (Å²) in [5.74, 6) is 0.0194. The minimum atomic E-state index is -0.407. The molecule has 0 saturated heterocycles.